The molecule has 0 atom stereocenters. The molecule has 3 aromatic rings. The fourth-order valence-corrected chi connectivity index (χ4v) is 4.69. The van der Waals surface area contributed by atoms with Gasteiger partial charge in [0.2, 0.25) is 0 Å². The van der Waals surface area contributed by atoms with Gasteiger partial charge in [0.05, 0.1) is 19.8 Å². The molecule has 1 amide bonds. The van der Waals surface area contributed by atoms with E-state index in [9.17, 15) is 4.79 Å². The molecule has 0 bridgehead atoms. The minimum absolute atomic E-state index is 0.426. The number of fused-ring (bicyclic) bond motifs is 1. The normalized spacial score (nSPS) is 12.5. The van der Waals surface area contributed by atoms with E-state index in [1.807, 2.05) is 43.3 Å². The molecule has 7 nitrogen and oxygen atoms in total. The van der Waals surface area contributed by atoms with Crippen molar-refractivity contribution in [2.24, 2.45) is 5.73 Å². The van der Waals surface area contributed by atoms with Gasteiger partial charge in [-0.25, -0.2) is 0 Å². The number of hydrogen-bond acceptors (Lipinski definition) is 5. The third-order valence-corrected chi connectivity index (χ3v) is 6.27. The van der Waals surface area contributed by atoms with E-state index < -0.39 is 5.91 Å². The van der Waals surface area contributed by atoms with E-state index in [1.54, 1.807) is 14.2 Å². The first-order valence-corrected chi connectivity index (χ1v) is 11.6. The van der Waals surface area contributed by atoms with Crippen molar-refractivity contribution >= 4 is 5.91 Å². The molecule has 7 heteroatoms. The molecule has 1 aromatic heterocycles. The van der Waals surface area contributed by atoms with Gasteiger partial charge in [-0.05, 0) is 55.2 Å². The monoisotopic (exact) mass is 464 g/mol. The lowest BCUT2D eigenvalue weighted by Gasteiger charge is -2.19. The van der Waals surface area contributed by atoms with Gasteiger partial charge in [0.1, 0.15) is 13.2 Å². The molecular formula is C27H32N2O5. The van der Waals surface area contributed by atoms with Crippen LogP contribution in [0.2, 0.25) is 0 Å². The van der Waals surface area contributed by atoms with E-state index in [2.05, 4.69) is 11.5 Å². The average molecular weight is 465 g/mol. The van der Waals surface area contributed by atoms with Gasteiger partial charge in [-0.15, -0.1) is 0 Å². The van der Waals surface area contributed by atoms with Gasteiger partial charge in [0.25, 0.3) is 5.91 Å². The van der Waals surface area contributed by atoms with Crippen molar-refractivity contribution in [3.8, 4) is 34.1 Å². The zero-order valence-electron chi connectivity index (χ0n) is 20.3. The Bertz CT molecular complexity index is 1200. The third-order valence-electron chi connectivity index (χ3n) is 6.27. The van der Waals surface area contributed by atoms with Crippen molar-refractivity contribution < 1.29 is 23.7 Å². The molecule has 1 aliphatic rings. The Morgan fingerprint density at radius 2 is 1.74 bits per heavy atom. The minimum Gasteiger partial charge on any atom is -0.493 e. The fourth-order valence-electron chi connectivity index (χ4n) is 4.69. The number of primary amides is 1. The SMILES string of the molecule is CCCc1c(-c2ccc3c(c2)OCCO3)c(C(N)=O)c(C)n1CCc1ccc(OC)c(OC)c1. The van der Waals surface area contributed by atoms with Crippen molar-refractivity contribution in [3.05, 3.63) is 58.9 Å². The van der Waals surface area contributed by atoms with E-state index in [4.69, 9.17) is 24.7 Å². The van der Waals surface area contributed by atoms with Crippen LogP contribution in [0.1, 0.15) is 40.7 Å². The molecule has 4 rings (SSSR count). The average Bonchev–Trinajstić information content (AvgIpc) is 3.13. The number of aromatic nitrogens is 1. The molecule has 0 fully saturated rings. The largest absolute Gasteiger partial charge is 0.493 e. The van der Waals surface area contributed by atoms with E-state index in [0.29, 0.717) is 42.6 Å². The lowest BCUT2D eigenvalue weighted by molar-refractivity contribution is 0.1000. The quantitative estimate of drug-likeness (QED) is 0.502. The number of carbonyl (C=O) groups excluding carboxylic acids is 1. The third kappa shape index (κ3) is 4.42. The number of amides is 1. The summed E-state index contributed by atoms with van der Waals surface area (Å²) in [6.45, 7) is 5.85. The number of nitrogens with two attached hydrogens (primary N) is 1. The van der Waals surface area contributed by atoms with Crippen LogP contribution in [0.3, 0.4) is 0 Å². The van der Waals surface area contributed by atoms with Crippen molar-refractivity contribution in [2.75, 3.05) is 27.4 Å². The maximum absolute atomic E-state index is 12.6. The molecule has 0 radical (unpaired) electrons. The molecular weight excluding hydrogens is 432 g/mol. The highest BCUT2D eigenvalue weighted by Crippen LogP contribution is 2.39. The molecule has 0 saturated heterocycles. The number of ether oxygens (including phenoxy) is 4. The first-order chi connectivity index (χ1) is 16.5. The summed E-state index contributed by atoms with van der Waals surface area (Å²) in [6.07, 6.45) is 2.53. The molecule has 0 saturated carbocycles. The highest BCUT2D eigenvalue weighted by Gasteiger charge is 2.25. The van der Waals surface area contributed by atoms with Crippen LogP contribution >= 0.6 is 0 Å². The molecule has 0 spiro atoms. The van der Waals surface area contributed by atoms with Gasteiger partial charge in [-0.3, -0.25) is 4.79 Å². The van der Waals surface area contributed by atoms with E-state index >= 15 is 0 Å². The first kappa shape index (κ1) is 23.5. The topological polar surface area (TPSA) is 84.9 Å². The van der Waals surface area contributed by atoms with Gasteiger partial charge in [-0.1, -0.05) is 25.5 Å². The Hall–Kier alpha value is -3.61. The molecule has 2 aromatic carbocycles. The van der Waals surface area contributed by atoms with Crippen LogP contribution in [0.4, 0.5) is 0 Å². The predicted octanol–water partition coefficient (Wildman–Crippen LogP) is 4.55. The lowest BCUT2D eigenvalue weighted by Crippen LogP contribution is -2.15. The number of rotatable bonds is 9. The lowest BCUT2D eigenvalue weighted by atomic mass is 9.97. The van der Waals surface area contributed by atoms with Crippen LogP contribution in [-0.2, 0) is 19.4 Å². The van der Waals surface area contributed by atoms with Crippen molar-refractivity contribution in [3.63, 3.8) is 0 Å². The van der Waals surface area contributed by atoms with Gasteiger partial charge >= 0.3 is 0 Å². The number of methoxy groups -OCH3 is 2. The zero-order valence-corrected chi connectivity index (χ0v) is 20.3. The number of benzene rings is 2. The van der Waals surface area contributed by atoms with Crippen molar-refractivity contribution in [2.45, 2.75) is 39.7 Å². The summed E-state index contributed by atoms with van der Waals surface area (Å²) in [5, 5.41) is 0. The predicted molar refractivity (Wildman–Crippen MR) is 131 cm³/mol. The van der Waals surface area contributed by atoms with Crippen molar-refractivity contribution in [1.82, 2.24) is 4.57 Å². The Kier molecular flexibility index (Phi) is 7.01. The van der Waals surface area contributed by atoms with Gasteiger partial charge in [-0.2, -0.15) is 0 Å². The Labute approximate surface area is 200 Å². The zero-order chi connectivity index (χ0) is 24.2. The highest BCUT2D eigenvalue weighted by atomic mass is 16.6. The Balaban J connectivity index is 1.76. The van der Waals surface area contributed by atoms with Crippen LogP contribution in [0.25, 0.3) is 11.1 Å². The fraction of sp³-hybridized carbons (Fsp3) is 0.370. The number of hydrogen-bond donors (Lipinski definition) is 1. The van der Waals surface area contributed by atoms with Crippen LogP contribution in [-0.4, -0.2) is 37.9 Å². The second kappa shape index (κ2) is 10.1. The summed E-state index contributed by atoms with van der Waals surface area (Å²) >= 11 is 0. The molecule has 34 heavy (non-hydrogen) atoms. The number of nitrogens with zero attached hydrogens (tertiary/aromatic N) is 1. The molecule has 0 unspecified atom stereocenters. The highest BCUT2D eigenvalue weighted by molar-refractivity contribution is 6.02. The molecule has 180 valence electrons. The van der Waals surface area contributed by atoms with Gasteiger partial charge in [0.15, 0.2) is 23.0 Å². The summed E-state index contributed by atoms with van der Waals surface area (Å²) in [7, 11) is 3.26. The second-order valence-electron chi connectivity index (χ2n) is 8.35. The van der Waals surface area contributed by atoms with Gasteiger partial charge in [0, 0.05) is 23.5 Å². The number of carbonyl (C=O) groups is 1. The smallest absolute Gasteiger partial charge is 0.251 e. The van der Waals surface area contributed by atoms with E-state index in [1.165, 1.54) is 0 Å². The maximum Gasteiger partial charge on any atom is 0.251 e. The summed E-state index contributed by atoms with van der Waals surface area (Å²) in [4.78, 5) is 12.6. The molecule has 0 aliphatic carbocycles. The second-order valence-corrected chi connectivity index (χ2v) is 8.35. The van der Waals surface area contributed by atoms with E-state index in [-0.39, 0.29) is 0 Å². The number of aryl methyl sites for hydroxylation is 1. The molecule has 2 heterocycles. The molecule has 2 N–H and O–H groups in total. The van der Waals surface area contributed by atoms with Crippen LogP contribution < -0.4 is 24.7 Å². The summed E-state index contributed by atoms with van der Waals surface area (Å²) in [5.74, 6) is 2.39. The summed E-state index contributed by atoms with van der Waals surface area (Å²) < 4.78 is 24.5. The maximum atomic E-state index is 12.6. The Morgan fingerprint density at radius 3 is 2.41 bits per heavy atom. The van der Waals surface area contributed by atoms with Crippen LogP contribution in [0.15, 0.2) is 36.4 Å². The van der Waals surface area contributed by atoms with E-state index in [0.717, 1.165) is 53.1 Å². The van der Waals surface area contributed by atoms with Crippen LogP contribution in [0, 0.1) is 6.92 Å². The van der Waals surface area contributed by atoms with Crippen LogP contribution in [0.5, 0.6) is 23.0 Å². The minimum atomic E-state index is -0.426. The standard InChI is InChI=1S/C27H32N2O5/c1-5-6-20-26(19-8-10-22-24(16-19)34-14-13-33-22)25(27(28)30)17(2)29(20)12-11-18-7-9-21(31-3)23(15-18)32-4/h7-10,15-16H,5-6,11-14H2,1-4H3,(H2,28,30). The Morgan fingerprint density at radius 1 is 1.00 bits per heavy atom. The summed E-state index contributed by atoms with van der Waals surface area (Å²) in [5.41, 5.74) is 11.4. The summed E-state index contributed by atoms with van der Waals surface area (Å²) in [6, 6.07) is 11.8. The van der Waals surface area contributed by atoms with Gasteiger partial charge < -0.3 is 29.2 Å². The molecule has 1 aliphatic heterocycles. The van der Waals surface area contributed by atoms with Crippen molar-refractivity contribution in [1.29, 1.82) is 0 Å². The first-order valence-electron chi connectivity index (χ1n) is 11.6.